The van der Waals surface area contributed by atoms with Gasteiger partial charge >= 0.3 is 11.9 Å². The molecule has 47 heavy (non-hydrogen) atoms. The first-order chi connectivity index (χ1) is 22.6. The highest BCUT2D eigenvalue weighted by Crippen LogP contribution is 2.26. The van der Waals surface area contributed by atoms with Gasteiger partial charge in [-0.15, -0.1) is 16.8 Å². The van der Waals surface area contributed by atoms with Gasteiger partial charge in [0.15, 0.2) is 6.10 Å². The topological polar surface area (TPSA) is 203 Å². The van der Waals surface area contributed by atoms with Crippen LogP contribution in [0.1, 0.15) is 45.4 Å². The summed E-state index contributed by atoms with van der Waals surface area (Å²) in [5, 5.41) is 2.70. The Bertz CT molecular complexity index is 1050. The zero-order chi connectivity index (χ0) is 34.4. The molecule has 0 spiro atoms. The number of esters is 1. The van der Waals surface area contributed by atoms with Crippen LogP contribution in [0.5, 0.6) is 0 Å². The number of hydrogen-bond acceptors (Lipinski definition) is 15. The van der Waals surface area contributed by atoms with Gasteiger partial charge in [0.25, 0.3) is 11.8 Å². The van der Waals surface area contributed by atoms with Gasteiger partial charge in [-0.3, -0.25) is 28.9 Å². The van der Waals surface area contributed by atoms with Crippen LogP contribution in [0.3, 0.4) is 0 Å². The van der Waals surface area contributed by atoms with Crippen molar-refractivity contribution in [3.8, 4) is 0 Å². The predicted octanol–water partition coefficient (Wildman–Crippen LogP) is -0.615. The number of amides is 5. The van der Waals surface area contributed by atoms with Gasteiger partial charge in [-0.05, 0) is 19.1 Å². The molecule has 18 heteroatoms. The van der Waals surface area contributed by atoms with E-state index in [1.807, 2.05) is 0 Å². The standard InChI is InChI=1S/C29H45N3O14S/c1-21(29(39)40-2)45-10-3-19-47-22-20-26(36)31(28(22)38)9-6-23(33)30-8-12-42-14-16-44-18-17-43-15-13-41-11-7-27(37)46-32-24(34)4-5-25(32)35/h21-22H,3-20H2,1-2H3,(H,30,33)/t21-,22?/m0/s1. The molecule has 2 atom stereocenters. The molecule has 1 N–H and O–H groups in total. The van der Waals surface area contributed by atoms with E-state index in [-0.39, 0.29) is 89.3 Å². The van der Waals surface area contributed by atoms with Gasteiger partial charge in [0.05, 0.1) is 71.6 Å². The molecule has 2 aliphatic heterocycles. The molecule has 0 aromatic rings. The van der Waals surface area contributed by atoms with Gasteiger partial charge in [0.1, 0.15) is 0 Å². The SMILES string of the molecule is COC(=O)[C@H](C)OCCCSC1CC(=O)N(CCC(=O)NCCOCCOCCOCCOCCC(=O)ON2C(=O)CCC2=O)C1=O. The molecule has 2 fully saturated rings. The van der Waals surface area contributed by atoms with E-state index in [0.29, 0.717) is 50.3 Å². The molecular weight excluding hydrogens is 646 g/mol. The number of thioether (sulfide) groups is 1. The molecule has 1 unspecified atom stereocenters. The molecule has 2 saturated heterocycles. The molecule has 0 aromatic heterocycles. The summed E-state index contributed by atoms with van der Waals surface area (Å²) in [5.41, 5.74) is 0. The molecule has 0 radical (unpaired) electrons. The Hall–Kier alpha value is -3.16. The Morgan fingerprint density at radius 3 is 2.04 bits per heavy atom. The number of hydroxylamine groups is 2. The molecule has 0 saturated carbocycles. The lowest BCUT2D eigenvalue weighted by molar-refractivity contribution is -0.198. The number of carbonyl (C=O) groups is 7. The minimum absolute atomic E-state index is 0.00210. The number of rotatable bonds is 26. The van der Waals surface area contributed by atoms with Gasteiger partial charge in [-0.2, -0.15) is 0 Å². The quantitative estimate of drug-likeness (QED) is 0.0683. The fraction of sp³-hybridized carbons (Fsp3) is 0.759. The highest BCUT2D eigenvalue weighted by molar-refractivity contribution is 8.00. The molecule has 2 heterocycles. The molecule has 0 bridgehead atoms. The zero-order valence-corrected chi connectivity index (χ0v) is 27.7. The minimum Gasteiger partial charge on any atom is -0.467 e. The third-order valence-corrected chi connectivity index (χ3v) is 7.90. The van der Waals surface area contributed by atoms with Crippen molar-refractivity contribution in [3.05, 3.63) is 0 Å². The predicted molar refractivity (Wildman–Crippen MR) is 162 cm³/mol. The summed E-state index contributed by atoms with van der Waals surface area (Å²) in [4.78, 5) is 88.6. The van der Waals surface area contributed by atoms with Crippen LogP contribution in [-0.4, -0.2) is 148 Å². The van der Waals surface area contributed by atoms with Gasteiger partial charge in [-0.1, -0.05) is 0 Å². The second-order valence-corrected chi connectivity index (χ2v) is 11.5. The maximum Gasteiger partial charge on any atom is 0.335 e. The van der Waals surface area contributed by atoms with Crippen molar-refractivity contribution < 1.29 is 66.8 Å². The minimum atomic E-state index is -0.727. The van der Waals surface area contributed by atoms with Crippen molar-refractivity contribution in [2.75, 3.05) is 85.4 Å². The number of carbonyl (C=O) groups excluding carboxylic acids is 7. The Kier molecular flexibility index (Phi) is 19.8. The Balaban J connectivity index is 1.36. The Labute approximate surface area is 277 Å². The van der Waals surface area contributed by atoms with E-state index in [1.165, 1.54) is 18.9 Å². The van der Waals surface area contributed by atoms with E-state index in [2.05, 4.69) is 10.1 Å². The van der Waals surface area contributed by atoms with E-state index in [4.69, 9.17) is 28.5 Å². The number of methoxy groups -OCH3 is 1. The van der Waals surface area contributed by atoms with Crippen molar-refractivity contribution in [1.29, 1.82) is 0 Å². The van der Waals surface area contributed by atoms with E-state index in [1.54, 1.807) is 6.92 Å². The number of nitrogens with one attached hydrogen (secondary N) is 1. The van der Waals surface area contributed by atoms with E-state index < -0.39 is 35.1 Å². The average molecular weight is 692 g/mol. The van der Waals surface area contributed by atoms with Gasteiger partial charge in [0.2, 0.25) is 17.7 Å². The van der Waals surface area contributed by atoms with Crippen LogP contribution in [0.2, 0.25) is 0 Å². The number of hydrogen-bond donors (Lipinski definition) is 1. The normalized spacial score (nSPS) is 17.0. The van der Waals surface area contributed by atoms with Crippen LogP contribution >= 0.6 is 11.8 Å². The van der Waals surface area contributed by atoms with Gasteiger partial charge in [-0.25, -0.2) is 9.59 Å². The molecule has 5 amide bonds. The maximum atomic E-state index is 12.6. The van der Waals surface area contributed by atoms with Crippen LogP contribution in [0.4, 0.5) is 0 Å². The Morgan fingerprint density at radius 1 is 0.830 bits per heavy atom. The van der Waals surface area contributed by atoms with Crippen molar-refractivity contribution in [1.82, 2.24) is 15.3 Å². The molecule has 0 aromatic carbocycles. The fourth-order valence-corrected chi connectivity index (χ4v) is 5.18. The average Bonchev–Trinajstić information content (AvgIpc) is 3.51. The van der Waals surface area contributed by atoms with Crippen LogP contribution < -0.4 is 5.32 Å². The van der Waals surface area contributed by atoms with Crippen LogP contribution in [-0.2, 0) is 66.8 Å². The monoisotopic (exact) mass is 691 g/mol. The first-order valence-electron chi connectivity index (χ1n) is 15.4. The van der Waals surface area contributed by atoms with Gasteiger partial charge in [0, 0.05) is 45.4 Å². The largest absolute Gasteiger partial charge is 0.467 e. The molecular formula is C29H45N3O14S. The maximum absolute atomic E-state index is 12.6. The van der Waals surface area contributed by atoms with Crippen molar-refractivity contribution in [3.63, 3.8) is 0 Å². The molecule has 266 valence electrons. The summed E-state index contributed by atoms with van der Waals surface area (Å²) in [6, 6.07) is 0. The highest BCUT2D eigenvalue weighted by Gasteiger charge is 2.38. The van der Waals surface area contributed by atoms with Crippen LogP contribution in [0.25, 0.3) is 0 Å². The smallest absolute Gasteiger partial charge is 0.335 e. The summed E-state index contributed by atoms with van der Waals surface area (Å²) in [7, 11) is 1.29. The van der Waals surface area contributed by atoms with Crippen LogP contribution in [0.15, 0.2) is 0 Å². The zero-order valence-electron chi connectivity index (χ0n) is 26.9. The molecule has 0 aliphatic carbocycles. The highest BCUT2D eigenvalue weighted by atomic mass is 32.2. The first-order valence-corrected chi connectivity index (χ1v) is 16.5. The summed E-state index contributed by atoms with van der Waals surface area (Å²) in [6.45, 7) is 4.37. The third-order valence-electron chi connectivity index (χ3n) is 6.61. The molecule has 2 aliphatic rings. The number of nitrogens with zero attached hydrogens (tertiary/aromatic N) is 2. The Morgan fingerprint density at radius 2 is 1.43 bits per heavy atom. The molecule has 17 nitrogen and oxygen atoms in total. The second kappa shape index (κ2) is 23.2. The van der Waals surface area contributed by atoms with Gasteiger partial charge < -0.3 is 38.6 Å². The fourth-order valence-electron chi connectivity index (χ4n) is 4.08. The van der Waals surface area contributed by atoms with E-state index >= 15 is 0 Å². The van der Waals surface area contributed by atoms with E-state index in [9.17, 15) is 33.6 Å². The summed E-state index contributed by atoms with van der Waals surface area (Å²) < 4.78 is 31.4. The second-order valence-electron chi connectivity index (χ2n) is 10.2. The lowest BCUT2D eigenvalue weighted by Gasteiger charge is -2.15. The lowest BCUT2D eigenvalue weighted by Crippen LogP contribution is -2.36. The third kappa shape index (κ3) is 16.0. The van der Waals surface area contributed by atoms with Crippen LogP contribution in [0, 0.1) is 0 Å². The lowest BCUT2D eigenvalue weighted by atomic mass is 10.3. The number of likely N-dealkylation sites (tertiary alicyclic amines) is 1. The summed E-state index contributed by atoms with van der Waals surface area (Å²) in [6.07, 6.45) is 0.00480. The number of imide groups is 2. The van der Waals surface area contributed by atoms with Crippen molar-refractivity contribution >= 4 is 53.2 Å². The summed E-state index contributed by atoms with van der Waals surface area (Å²) in [5.74, 6) is -2.56. The van der Waals surface area contributed by atoms with Crippen molar-refractivity contribution in [2.45, 2.75) is 56.8 Å². The van der Waals surface area contributed by atoms with Crippen molar-refractivity contribution in [2.24, 2.45) is 0 Å². The first kappa shape index (κ1) is 40.0. The number of ether oxygens (including phenoxy) is 6. The summed E-state index contributed by atoms with van der Waals surface area (Å²) >= 11 is 1.36. The van der Waals surface area contributed by atoms with E-state index in [0.717, 1.165) is 4.90 Å². The molecule has 2 rings (SSSR count).